The lowest BCUT2D eigenvalue weighted by molar-refractivity contribution is -0.384. The summed E-state index contributed by atoms with van der Waals surface area (Å²) in [4.78, 5) is 46.4. The third-order valence-corrected chi connectivity index (χ3v) is 5.34. The molecule has 1 atom stereocenters. The van der Waals surface area contributed by atoms with Gasteiger partial charge in [0.05, 0.1) is 23.3 Å². The normalized spacial score (nSPS) is 16.6. The van der Waals surface area contributed by atoms with Crippen molar-refractivity contribution in [3.8, 4) is 0 Å². The molecule has 1 aliphatic rings. The van der Waals surface area contributed by atoms with Crippen molar-refractivity contribution in [2.45, 2.75) is 18.6 Å². The number of non-ortho nitro benzene ring substituents is 1. The van der Waals surface area contributed by atoms with Crippen molar-refractivity contribution in [2.75, 3.05) is 11.9 Å². The second-order valence-corrected chi connectivity index (χ2v) is 7.84. The average molecular weight is 469 g/mol. The number of nitro benzene ring substituents is 1. The summed E-state index contributed by atoms with van der Waals surface area (Å²) in [5.41, 5.74) is 1.25. The van der Waals surface area contributed by atoms with Crippen LogP contribution in [0.2, 0.25) is 0 Å². The number of nitrogens with zero attached hydrogens (tertiary/aromatic N) is 3. The first-order valence-electron chi connectivity index (χ1n) is 9.75. The number of hydrogen-bond acceptors (Lipinski definition) is 9. The largest absolute Gasteiger partial charge is 0.462 e. The molecule has 0 radical (unpaired) electrons. The molecule has 1 heterocycles. The SMILES string of the molecule is CCOC(=O)c1ccc(NC(=O)CC2SC(=NN=Cc3cccc([N+](=O)[O-])c3)NC2=O)cc1. The molecule has 1 fully saturated rings. The number of carbonyl (C=O) groups is 3. The van der Waals surface area contributed by atoms with Gasteiger partial charge in [0.15, 0.2) is 5.17 Å². The van der Waals surface area contributed by atoms with Gasteiger partial charge in [0, 0.05) is 29.8 Å². The lowest BCUT2D eigenvalue weighted by Crippen LogP contribution is -2.28. The van der Waals surface area contributed by atoms with Crippen LogP contribution in [-0.4, -0.2) is 45.9 Å². The van der Waals surface area contributed by atoms with E-state index in [1.54, 1.807) is 25.1 Å². The third kappa shape index (κ3) is 6.71. The Morgan fingerprint density at radius 2 is 2.03 bits per heavy atom. The molecule has 0 spiro atoms. The molecule has 1 unspecified atom stereocenters. The highest BCUT2D eigenvalue weighted by Gasteiger charge is 2.32. The molecule has 2 N–H and O–H groups in total. The predicted molar refractivity (Wildman–Crippen MR) is 123 cm³/mol. The van der Waals surface area contributed by atoms with Gasteiger partial charge in [0.1, 0.15) is 5.25 Å². The van der Waals surface area contributed by atoms with Crippen LogP contribution < -0.4 is 10.6 Å². The van der Waals surface area contributed by atoms with E-state index < -0.39 is 16.1 Å². The number of nitro groups is 1. The molecule has 0 aliphatic carbocycles. The molecule has 170 valence electrons. The predicted octanol–water partition coefficient (Wildman–Crippen LogP) is 2.72. The molecule has 2 amide bonds. The summed E-state index contributed by atoms with van der Waals surface area (Å²) in [6, 6.07) is 12.1. The Kier molecular flexibility index (Phi) is 7.86. The van der Waals surface area contributed by atoms with Gasteiger partial charge in [-0.15, -0.1) is 5.10 Å². The van der Waals surface area contributed by atoms with E-state index >= 15 is 0 Å². The Hall–Kier alpha value is -4.06. The van der Waals surface area contributed by atoms with Crippen molar-refractivity contribution >= 4 is 52.3 Å². The molecule has 0 saturated carbocycles. The number of amidine groups is 1. The Bertz CT molecular complexity index is 1130. The summed E-state index contributed by atoms with van der Waals surface area (Å²) in [5.74, 6) is -1.21. The third-order valence-electron chi connectivity index (χ3n) is 4.26. The van der Waals surface area contributed by atoms with E-state index in [9.17, 15) is 24.5 Å². The first-order chi connectivity index (χ1) is 15.9. The zero-order chi connectivity index (χ0) is 23.8. The molecule has 0 aromatic heterocycles. The fourth-order valence-corrected chi connectivity index (χ4v) is 3.66. The fourth-order valence-electron chi connectivity index (χ4n) is 2.74. The quantitative estimate of drug-likeness (QED) is 0.261. The van der Waals surface area contributed by atoms with Crippen LogP contribution in [0.1, 0.15) is 29.3 Å². The molecular weight excluding hydrogens is 450 g/mol. The number of carbonyl (C=O) groups excluding carboxylic acids is 3. The van der Waals surface area contributed by atoms with E-state index in [2.05, 4.69) is 20.8 Å². The van der Waals surface area contributed by atoms with Crippen LogP contribution in [0.4, 0.5) is 11.4 Å². The molecule has 2 aromatic rings. The Morgan fingerprint density at radius 1 is 1.27 bits per heavy atom. The Morgan fingerprint density at radius 3 is 2.73 bits per heavy atom. The van der Waals surface area contributed by atoms with Gasteiger partial charge in [-0.2, -0.15) is 5.10 Å². The zero-order valence-electron chi connectivity index (χ0n) is 17.4. The lowest BCUT2D eigenvalue weighted by atomic mass is 10.2. The first-order valence-corrected chi connectivity index (χ1v) is 10.6. The number of nitrogens with one attached hydrogen (secondary N) is 2. The fraction of sp³-hybridized carbons (Fsp3) is 0.190. The summed E-state index contributed by atoms with van der Waals surface area (Å²) in [6.45, 7) is 1.98. The number of rotatable bonds is 8. The number of amides is 2. The van der Waals surface area contributed by atoms with Gasteiger partial charge in [-0.05, 0) is 31.2 Å². The van der Waals surface area contributed by atoms with Gasteiger partial charge < -0.3 is 15.4 Å². The average Bonchev–Trinajstić information content (AvgIpc) is 3.13. The summed E-state index contributed by atoms with van der Waals surface area (Å²) < 4.78 is 4.91. The monoisotopic (exact) mass is 469 g/mol. The molecule has 11 nitrogen and oxygen atoms in total. The number of thioether (sulfide) groups is 1. The van der Waals surface area contributed by atoms with Gasteiger partial charge in [-0.25, -0.2) is 4.79 Å². The molecule has 0 bridgehead atoms. The maximum absolute atomic E-state index is 12.3. The second kappa shape index (κ2) is 11.0. The molecule has 1 saturated heterocycles. The minimum atomic E-state index is -0.685. The minimum absolute atomic E-state index is 0.0724. The van der Waals surface area contributed by atoms with Crippen molar-refractivity contribution in [1.82, 2.24) is 5.32 Å². The van der Waals surface area contributed by atoms with Gasteiger partial charge in [-0.1, -0.05) is 23.9 Å². The van der Waals surface area contributed by atoms with Crippen molar-refractivity contribution in [3.63, 3.8) is 0 Å². The van der Waals surface area contributed by atoms with E-state index in [0.29, 0.717) is 16.8 Å². The minimum Gasteiger partial charge on any atom is -0.462 e. The number of hydrogen-bond donors (Lipinski definition) is 2. The van der Waals surface area contributed by atoms with E-state index in [4.69, 9.17) is 4.74 Å². The first kappa shape index (κ1) is 23.6. The van der Waals surface area contributed by atoms with Gasteiger partial charge >= 0.3 is 5.97 Å². The van der Waals surface area contributed by atoms with E-state index in [1.165, 1.54) is 36.5 Å². The molecule has 1 aliphatic heterocycles. The zero-order valence-corrected chi connectivity index (χ0v) is 18.2. The van der Waals surface area contributed by atoms with E-state index in [0.717, 1.165) is 11.8 Å². The molecule has 12 heteroatoms. The smallest absolute Gasteiger partial charge is 0.338 e. The molecule has 2 aromatic carbocycles. The van der Waals surface area contributed by atoms with Crippen LogP contribution in [0, 0.1) is 10.1 Å². The number of benzene rings is 2. The number of ether oxygens (including phenoxy) is 1. The molecule has 3 rings (SSSR count). The maximum atomic E-state index is 12.3. The van der Waals surface area contributed by atoms with Gasteiger partial charge in [0.2, 0.25) is 11.8 Å². The highest BCUT2D eigenvalue weighted by molar-refractivity contribution is 8.15. The van der Waals surface area contributed by atoms with Crippen LogP contribution in [0.15, 0.2) is 58.7 Å². The Labute approximate surface area is 192 Å². The Balaban J connectivity index is 1.53. The highest BCUT2D eigenvalue weighted by atomic mass is 32.2. The van der Waals surface area contributed by atoms with Crippen LogP contribution >= 0.6 is 11.8 Å². The maximum Gasteiger partial charge on any atom is 0.338 e. The van der Waals surface area contributed by atoms with Crippen molar-refractivity contribution in [1.29, 1.82) is 0 Å². The highest BCUT2D eigenvalue weighted by Crippen LogP contribution is 2.23. The summed E-state index contributed by atoms with van der Waals surface area (Å²) in [6.07, 6.45) is 1.23. The van der Waals surface area contributed by atoms with Crippen LogP contribution in [0.5, 0.6) is 0 Å². The van der Waals surface area contributed by atoms with Crippen molar-refractivity contribution in [2.24, 2.45) is 10.2 Å². The molecular formula is C21H19N5O6S. The second-order valence-electron chi connectivity index (χ2n) is 6.65. The lowest BCUT2D eigenvalue weighted by Gasteiger charge is -2.08. The topological polar surface area (TPSA) is 152 Å². The molecule has 33 heavy (non-hydrogen) atoms. The van der Waals surface area contributed by atoms with Crippen LogP contribution in [0.25, 0.3) is 0 Å². The standard InChI is InChI=1S/C21H19N5O6S/c1-2-32-20(29)14-6-8-15(9-7-14)23-18(27)11-17-19(28)24-21(33-17)25-22-12-13-4-3-5-16(10-13)26(30)31/h3-10,12,17H,2,11H2,1H3,(H,23,27)(H,24,25,28). The number of anilines is 1. The number of esters is 1. The van der Waals surface area contributed by atoms with E-state index in [1.807, 2.05) is 0 Å². The van der Waals surface area contributed by atoms with E-state index in [-0.39, 0.29) is 35.7 Å². The summed E-state index contributed by atoms with van der Waals surface area (Å²) >= 11 is 1.06. The van der Waals surface area contributed by atoms with Crippen LogP contribution in [0.3, 0.4) is 0 Å². The van der Waals surface area contributed by atoms with Crippen molar-refractivity contribution in [3.05, 3.63) is 69.8 Å². The summed E-state index contributed by atoms with van der Waals surface area (Å²) in [7, 11) is 0. The van der Waals surface area contributed by atoms with Crippen molar-refractivity contribution < 1.29 is 24.0 Å². The summed E-state index contributed by atoms with van der Waals surface area (Å²) in [5, 5.41) is 23.3. The van der Waals surface area contributed by atoms with Gasteiger partial charge in [0.25, 0.3) is 5.69 Å². The van der Waals surface area contributed by atoms with Gasteiger partial charge in [-0.3, -0.25) is 19.7 Å². The van der Waals surface area contributed by atoms with Crippen LogP contribution in [-0.2, 0) is 14.3 Å².